The molecule has 2 aliphatic heterocycles. The number of hydroxylamine groups is 1. The number of carbonyl (C=O) groups is 2. The van der Waals surface area contributed by atoms with Gasteiger partial charge in [-0.25, -0.2) is 14.4 Å². The Balaban J connectivity index is 1.58. The van der Waals surface area contributed by atoms with Gasteiger partial charge in [0.1, 0.15) is 11.7 Å². The van der Waals surface area contributed by atoms with Crippen LogP contribution in [0.25, 0.3) is 0 Å². The van der Waals surface area contributed by atoms with Gasteiger partial charge in [-0.3, -0.25) is 14.4 Å². The Labute approximate surface area is 180 Å². The lowest BCUT2D eigenvalue weighted by Gasteiger charge is -2.28. The number of rotatable bonds is 3. The van der Waals surface area contributed by atoms with Gasteiger partial charge in [0.05, 0.1) is 17.4 Å². The van der Waals surface area contributed by atoms with E-state index >= 15 is 0 Å². The Morgan fingerprint density at radius 2 is 1.47 bits per heavy atom. The third-order valence-corrected chi connectivity index (χ3v) is 5.95. The van der Waals surface area contributed by atoms with Crippen molar-refractivity contribution < 1.29 is 18.8 Å². The highest BCUT2D eigenvalue weighted by Gasteiger charge is 2.60. The molecule has 2 saturated heterocycles. The minimum Gasteiger partial charge on any atom is -0.273 e. The molecular weight excluding hydrogens is 451 g/mol. The molecule has 7 heteroatoms. The van der Waals surface area contributed by atoms with Crippen molar-refractivity contribution in [1.29, 1.82) is 0 Å². The predicted molar refractivity (Wildman–Crippen MR) is 113 cm³/mol. The second kappa shape index (κ2) is 7.34. The van der Waals surface area contributed by atoms with E-state index in [2.05, 4.69) is 15.9 Å². The average Bonchev–Trinajstić information content (AvgIpc) is 3.27. The van der Waals surface area contributed by atoms with E-state index in [0.29, 0.717) is 11.3 Å². The van der Waals surface area contributed by atoms with Gasteiger partial charge in [-0.15, -0.1) is 0 Å². The number of hydrogen-bond donors (Lipinski definition) is 0. The summed E-state index contributed by atoms with van der Waals surface area (Å²) in [5.41, 5.74) is 1.92. The van der Waals surface area contributed by atoms with Crippen molar-refractivity contribution in [3.05, 3.63) is 94.7 Å². The highest BCUT2D eigenvalue weighted by Crippen LogP contribution is 2.47. The highest BCUT2D eigenvalue weighted by atomic mass is 79.9. The summed E-state index contributed by atoms with van der Waals surface area (Å²) in [4.78, 5) is 33.8. The van der Waals surface area contributed by atoms with Crippen LogP contribution >= 0.6 is 15.9 Å². The van der Waals surface area contributed by atoms with Crippen molar-refractivity contribution in [3.63, 3.8) is 0 Å². The van der Waals surface area contributed by atoms with Crippen LogP contribution in [0.1, 0.15) is 11.6 Å². The third kappa shape index (κ3) is 3.02. The van der Waals surface area contributed by atoms with E-state index in [4.69, 9.17) is 4.84 Å². The van der Waals surface area contributed by atoms with E-state index in [9.17, 15) is 14.0 Å². The molecule has 0 radical (unpaired) electrons. The lowest BCUT2D eigenvalue weighted by molar-refractivity contribution is -0.126. The van der Waals surface area contributed by atoms with Gasteiger partial charge < -0.3 is 0 Å². The molecule has 5 rings (SSSR count). The fourth-order valence-electron chi connectivity index (χ4n) is 4.06. The number of carbonyl (C=O) groups excluding carboxylic acids is 2. The quantitative estimate of drug-likeness (QED) is 0.527. The zero-order valence-corrected chi connectivity index (χ0v) is 17.2. The Kier molecular flexibility index (Phi) is 4.64. The standard InChI is InChI=1S/C23H16BrFN2O3/c24-15-8-12-17(13-9-15)26-22(28)19-20(14-6-10-16(25)11-7-14)27(30-21(19)23(26)29)18-4-2-1-3-5-18/h1-13,19-21H/t19-,20-,21-/m1/s1. The van der Waals surface area contributed by atoms with Crippen molar-refractivity contribution in [2.24, 2.45) is 5.92 Å². The molecule has 3 aromatic carbocycles. The molecule has 5 nitrogen and oxygen atoms in total. The Bertz CT molecular complexity index is 1110. The van der Waals surface area contributed by atoms with Crippen LogP contribution < -0.4 is 9.96 Å². The molecule has 3 aromatic rings. The van der Waals surface area contributed by atoms with Crippen LogP contribution in [0.5, 0.6) is 0 Å². The molecule has 2 aliphatic rings. The van der Waals surface area contributed by atoms with Crippen molar-refractivity contribution in [2.45, 2.75) is 12.1 Å². The molecule has 2 heterocycles. The summed E-state index contributed by atoms with van der Waals surface area (Å²) in [5, 5.41) is 1.59. The molecule has 0 aromatic heterocycles. The number of fused-ring (bicyclic) bond motifs is 1. The Morgan fingerprint density at radius 1 is 0.800 bits per heavy atom. The van der Waals surface area contributed by atoms with Crippen LogP contribution in [0.3, 0.4) is 0 Å². The first kappa shape index (κ1) is 19.0. The van der Waals surface area contributed by atoms with Gasteiger partial charge >= 0.3 is 0 Å². The molecule has 0 aliphatic carbocycles. The summed E-state index contributed by atoms with van der Waals surface area (Å²) in [6.45, 7) is 0. The fraction of sp³-hybridized carbons (Fsp3) is 0.130. The smallest absolute Gasteiger partial charge is 0.266 e. The predicted octanol–water partition coefficient (Wildman–Crippen LogP) is 4.64. The largest absolute Gasteiger partial charge is 0.273 e. The van der Waals surface area contributed by atoms with Crippen LogP contribution in [0.15, 0.2) is 83.3 Å². The number of hydrogen-bond acceptors (Lipinski definition) is 4. The number of halogens is 2. The van der Waals surface area contributed by atoms with Gasteiger partial charge in [0.2, 0.25) is 5.91 Å². The van der Waals surface area contributed by atoms with Gasteiger partial charge in [-0.05, 0) is 54.1 Å². The van der Waals surface area contributed by atoms with E-state index in [1.165, 1.54) is 17.0 Å². The second-order valence-electron chi connectivity index (χ2n) is 7.20. The zero-order chi connectivity index (χ0) is 20.8. The first-order valence-corrected chi connectivity index (χ1v) is 10.2. The van der Waals surface area contributed by atoms with Crippen LogP contribution in [0.4, 0.5) is 15.8 Å². The number of nitrogens with zero attached hydrogens (tertiary/aromatic N) is 2. The third-order valence-electron chi connectivity index (χ3n) is 5.42. The maximum absolute atomic E-state index is 13.5. The van der Waals surface area contributed by atoms with Gasteiger partial charge in [0.15, 0.2) is 6.10 Å². The van der Waals surface area contributed by atoms with Crippen LogP contribution in [0, 0.1) is 11.7 Å². The van der Waals surface area contributed by atoms with Crippen molar-refractivity contribution >= 4 is 39.1 Å². The zero-order valence-electron chi connectivity index (χ0n) is 15.6. The highest BCUT2D eigenvalue weighted by molar-refractivity contribution is 9.10. The number of anilines is 2. The van der Waals surface area contributed by atoms with E-state index in [-0.39, 0.29) is 11.7 Å². The summed E-state index contributed by atoms with van der Waals surface area (Å²) in [6, 6.07) is 21.6. The molecule has 0 saturated carbocycles. The molecule has 0 bridgehead atoms. The molecule has 0 unspecified atom stereocenters. The molecular formula is C23H16BrFN2O3. The van der Waals surface area contributed by atoms with Crippen LogP contribution in [-0.2, 0) is 14.4 Å². The van der Waals surface area contributed by atoms with Crippen molar-refractivity contribution in [3.8, 4) is 0 Å². The summed E-state index contributed by atoms with van der Waals surface area (Å²) in [5.74, 6) is -1.85. The van der Waals surface area contributed by atoms with Crippen molar-refractivity contribution in [2.75, 3.05) is 9.96 Å². The minimum atomic E-state index is -0.948. The van der Waals surface area contributed by atoms with Gasteiger partial charge in [0.25, 0.3) is 5.91 Å². The van der Waals surface area contributed by atoms with Crippen molar-refractivity contribution in [1.82, 2.24) is 0 Å². The molecule has 0 spiro atoms. The molecule has 3 atom stereocenters. The molecule has 2 amide bonds. The van der Waals surface area contributed by atoms with Gasteiger partial charge in [0, 0.05) is 4.47 Å². The topological polar surface area (TPSA) is 49.9 Å². The molecule has 2 fully saturated rings. The summed E-state index contributed by atoms with van der Waals surface area (Å²) in [7, 11) is 0. The number of imide groups is 1. The van der Waals surface area contributed by atoms with Crippen LogP contribution in [-0.4, -0.2) is 17.9 Å². The summed E-state index contributed by atoms with van der Waals surface area (Å²) < 4.78 is 14.4. The van der Waals surface area contributed by atoms with Gasteiger partial charge in [-0.1, -0.05) is 46.3 Å². The SMILES string of the molecule is O=C1[C@@H]2[C@@H](c3ccc(F)cc3)N(c3ccccc3)O[C@H]2C(=O)N1c1ccc(Br)cc1. The summed E-state index contributed by atoms with van der Waals surface area (Å²) in [6.07, 6.45) is -0.948. The lowest BCUT2D eigenvalue weighted by Crippen LogP contribution is -2.37. The van der Waals surface area contributed by atoms with E-state index in [1.54, 1.807) is 41.5 Å². The average molecular weight is 467 g/mol. The van der Waals surface area contributed by atoms with Gasteiger partial charge in [-0.2, -0.15) is 0 Å². The fourth-order valence-corrected chi connectivity index (χ4v) is 4.32. The number of para-hydroxylation sites is 1. The Morgan fingerprint density at radius 3 is 2.13 bits per heavy atom. The lowest BCUT2D eigenvalue weighted by atomic mass is 9.90. The van der Waals surface area contributed by atoms with Crippen LogP contribution in [0.2, 0.25) is 0 Å². The van der Waals surface area contributed by atoms with E-state index in [0.717, 1.165) is 10.2 Å². The van der Waals surface area contributed by atoms with E-state index < -0.39 is 24.0 Å². The van der Waals surface area contributed by atoms with E-state index in [1.807, 2.05) is 30.3 Å². The monoisotopic (exact) mass is 466 g/mol. The maximum Gasteiger partial charge on any atom is 0.266 e. The minimum absolute atomic E-state index is 0.333. The Hall–Kier alpha value is -3.03. The first-order chi connectivity index (χ1) is 14.5. The molecule has 30 heavy (non-hydrogen) atoms. The summed E-state index contributed by atoms with van der Waals surface area (Å²) >= 11 is 3.36. The first-order valence-electron chi connectivity index (χ1n) is 9.44. The number of benzene rings is 3. The normalized spacial score (nSPS) is 23.2. The maximum atomic E-state index is 13.5. The molecule has 0 N–H and O–H groups in total. The number of amides is 2. The molecule has 150 valence electrons. The second-order valence-corrected chi connectivity index (χ2v) is 8.11.